The quantitative estimate of drug-likeness (QED) is 0.772. The summed E-state index contributed by atoms with van der Waals surface area (Å²) in [4.78, 5) is 2.61. The minimum atomic E-state index is 0.728. The Bertz CT molecular complexity index is 207. The normalized spacial score (nSPS) is 30.4. The molecule has 1 saturated heterocycles. The third-order valence-electron chi connectivity index (χ3n) is 4.68. The average molecular weight is 224 g/mol. The molecule has 0 radical (unpaired) electrons. The molecule has 3 unspecified atom stereocenters. The second-order valence-corrected chi connectivity index (χ2v) is 5.98. The first-order chi connectivity index (χ1) is 7.68. The number of piperidine rings is 1. The second-order valence-electron chi connectivity index (χ2n) is 5.98. The molecule has 1 heterocycles. The van der Waals surface area contributed by atoms with Gasteiger partial charge in [-0.3, -0.25) is 0 Å². The molecule has 2 fully saturated rings. The molecule has 1 saturated carbocycles. The van der Waals surface area contributed by atoms with E-state index in [9.17, 15) is 0 Å². The van der Waals surface area contributed by atoms with Crippen molar-refractivity contribution in [1.82, 2.24) is 10.2 Å². The van der Waals surface area contributed by atoms with Gasteiger partial charge in [0.2, 0.25) is 0 Å². The highest BCUT2D eigenvalue weighted by Gasteiger charge is 2.32. The third-order valence-corrected chi connectivity index (χ3v) is 4.68. The minimum absolute atomic E-state index is 0.728. The van der Waals surface area contributed by atoms with E-state index >= 15 is 0 Å². The largest absolute Gasteiger partial charge is 0.314 e. The summed E-state index contributed by atoms with van der Waals surface area (Å²) >= 11 is 0. The van der Waals surface area contributed by atoms with Crippen LogP contribution in [0.1, 0.15) is 52.4 Å². The van der Waals surface area contributed by atoms with Crippen LogP contribution in [0.4, 0.5) is 0 Å². The first kappa shape index (κ1) is 12.4. The van der Waals surface area contributed by atoms with Crippen LogP contribution in [0.2, 0.25) is 0 Å². The summed E-state index contributed by atoms with van der Waals surface area (Å²) in [6.07, 6.45) is 8.43. The van der Waals surface area contributed by atoms with Gasteiger partial charge in [-0.15, -0.1) is 0 Å². The molecule has 2 heteroatoms. The van der Waals surface area contributed by atoms with Crippen molar-refractivity contribution in [3.8, 4) is 0 Å². The van der Waals surface area contributed by atoms with Gasteiger partial charge in [-0.1, -0.05) is 6.42 Å². The zero-order chi connectivity index (χ0) is 11.5. The summed E-state index contributed by atoms with van der Waals surface area (Å²) in [5.74, 6) is 0.992. The summed E-state index contributed by atoms with van der Waals surface area (Å²) < 4.78 is 0. The summed E-state index contributed by atoms with van der Waals surface area (Å²) in [7, 11) is 2.32. The van der Waals surface area contributed by atoms with Gasteiger partial charge in [0, 0.05) is 18.1 Å². The molecule has 0 amide bonds. The summed E-state index contributed by atoms with van der Waals surface area (Å²) in [6, 6.07) is 2.29. The lowest BCUT2D eigenvalue weighted by Crippen LogP contribution is -2.44. The first-order valence-corrected chi connectivity index (χ1v) is 7.14. The van der Waals surface area contributed by atoms with E-state index in [4.69, 9.17) is 0 Å². The average Bonchev–Trinajstić information content (AvgIpc) is 3.12. The van der Waals surface area contributed by atoms with Crippen molar-refractivity contribution in [2.45, 2.75) is 70.5 Å². The van der Waals surface area contributed by atoms with Crippen molar-refractivity contribution < 1.29 is 0 Å². The smallest absolute Gasteiger partial charge is 0.00949 e. The Morgan fingerprint density at radius 2 is 1.94 bits per heavy atom. The van der Waals surface area contributed by atoms with Gasteiger partial charge in [-0.2, -0.15) is 0 Å². The molecule has 2 aliphatic rings. The van der Waals surface area contributed by atoms with E-state index in [-0.39, 0.29) is 0 Å². The highest BCUT2D eigenvalue weighted by Crippen LogP contribution is 2.35. The molecule has 0 bridgehead atoms. The van der Waals surface area contributed by atoms with Crippen molar-refractivity contribution in [2.75, 3.05) is 13.6 Å². The highest BCUT2D eigenvalue weighted by molar-refractivity contribution is 4.87. The molecule has 0 aromatic carbocycles. The van der Waals surface area contributed by atoms with E-state index in [1.165, 1.54) is 45.1 Å². The van der Waals surface area contributed by atoms with Crippen LogP contribution in [0.5, 0.6) is 0 Å². The van der Waals surface area contributed by atoms with Crippen molar-refractivity contribution >= 4 is 0 Å². The summed E-state index contributed by atoms with van der Waals surface area (Å²) in [5.41, 5.74) is 0. The molecule has 2 nitrogen and oxygen atoms in total. The fraction of sp³-hybridized carbons (Fsp3) is 1.00. The van der Waals surface area contributed by atoms with Crippen molar-refractivity contribution in [1.29, 1.82) is 0 Å². The molecule has 1 N–H and O–H groups in total. The van der Waals surface area contributed by atoms with Crippen LogP contribution in [-0.4, -0.2) is 36.6 Å². The van der Waals surface area contributed by atoms with E-state index in [0.29, 0.717) is 0 Å². The molecular weight excluding hydrogens is 196 g/mol. The predicted molar refractivity (Wildman–Crippen MR) is 69.7 cm³/mol. The van der Waals surface area contributed by atoms with Gasteiger partial charge in [-0.05, 0) is 65.5 Å². The van der Waals surface area contributed by atoms with Gasteiger partial charge in [0.05, 0.1) is 0 Å². The lowest BCUT2D eigenvalue weighted by molar-refractivity contribution is 0.155. The molecule has 2 rings (SSSR count). The Balaban J connectivity index is 1.74. The predicted octanol–water partition coefficient (Wildman–Crippen LogP) is 2.64. The highest BCUT2D eigenvalue weighted by atomic mass is 15.2. The van der Waals surface area contributed by atoms with E-state index in [1.54, 1.807) is 0 Å². The Morgan fingerprint density at radius 1 is 1.19 bits per heavy atom. The third kappa shape index (κ3) is 3.21. The Labute approximate surface area is 101 Å². The van der Waals surface area contributed by atoms with Gasteiger partial charge in [0.15, 0.2) is 0 Å². The second kappa shape index (κ2) is 5.50. The number of hydrogen-bond donors (Lipinski definition) is 1. The van der Waals surface area contributed by atoms with E-state index in [0.717, 1.165) is 24.0 Å². The molecule has 16 heavy (non-hydrogen) atoms. The van der Waals surface area contributed by atoms with Crippen LogP contribution in [0.15, 0.2) is 0 Å². The zero-order valence-electron chi connectivity index (χ0n) is 11.2. The lowest BCUT2D eigenvalue weighted by Gasteiger charge is -2.34. The fourth-order valence-corrected chi connectivity index (χ4v) is 3.02. The monoisotopic (exact) mass is 224 g/mol. The van der Waals surface area contributed by atoms with Gasteiger partial charge in [-0.25, -0.2) is 0 Å². The van der Waals surface area contributed by atoms with Gasteiger partial charge in [0.25, 0.3) is 0 Å². The molecular formula is C14H28N2. The first-order valence-electron chi connectivity index (χ1n) is 7.14. The van der Waals surface area contributed by atoms with Crippen LogP contribution >= 0.6 is 0 Å². The van der Waals surface area contributed by atoms with Crippen LogP contribution < -0.4 is 5.32 Å². The van der Waals surface area contributed by atoms with E-state index < -0.39 is 0 Å². The molecule has 0 aromatic rings. The Hall–Kier alpha value is -0.0800. The maximum atomic E-state index is 3.66. The standard InChI is InChI=1S/C14H28N2/c1-11(10-14-6-4-5-9-15-14)16(3)12(2)13-7-8-13/h11-15H,4-10H2,1-3H3. The summed E-state index contributed by atoms with van der Waals surface area (Å²) in [6.45, 7) is 6.04. The van der Waals surface area contributed by atoms with Crippen molar-refractivity contribution in [3.05, 3.63) is 0 Å². The fourth-order valence-electron chi connectivity index (χ4n) is 3.02. The Morgan fingerprint density at radius 3 is 2.50 bits per heavy atom. The minimum Gasteiger partial charge on any atom is -0.314 e. The Kier molecular flexibility index (Phi) is 4.26. The van der Waals surface area contributed by atoms with Crippen LogP contribution in [-0.2, 0) is 0 Å². The van der Waals surface area contributed by atoms with Crippen LogP contribution in [0.3, 0.4) is 0 Å². The number of hydrogen-bond acceptors (Lipinski definition) is 2. The molecule has 94 valence electrons. The molecule has 1 aliphatic heterocycles. The van der Waals surface area contributed by atoms with Gasteiger partial charge < -0.3 is 10.2 Å². The SMILES string of the molecule is CC(CC1CCCCN1)N(C)C(C)C1CC1. The van der Waals surface area contributed by atoms with Crippen molar-refractivity contribution in [3.63, 3.8) is 0 Å². The number of rotatable bonds is 5. The van der Waals surface area contributed by atoms with Gasteiger partial charge in [0.1, 0.15) is 0 Å². The maximum absolute atomic E-state index is 3.66. The molecule has 3 atom stereocenters. The van der Waals surface area contributed by atoms with Crippen LogP contribution in [0.25, 0.3) is 0 Å². The summed E-state index contributed by atoms with van der Waals surface area (Å²) in [5, 5.41) is 3.66. The topological polar surface area (TPSA) is 15.3 Å². The van der Waals surface area contributed by atoms with Crippen molar-refractivity contribution in [2.24, 2.45) is 5.92 Å². The van der Waals surface area contributed by atoms with E-state index in [2.05, 4.69) is 31.1 Å². The van der Waals surface area contributed by atoms with Gasteiger partial charge >= 0.3 is 0 Å². The number of nitrogens with one attached hydrogen (secondary N) is 1. The van der Waals surface area contributed by atoms with Crippen LogP contribution in [0, 0.1) is 5.92 Å². The maximum Gasteiger partial charge on any atom is 0.00949 e. The van der Waals surface area contributed by atoms with E-state index in [1.807, 2.05) is 0 Å². The zero-order valence-corrected chi connectivity index (χ0v) is 11.2. The molecule has 0 spiro atoms. The lowest BCUT2D eigenvalue weighted by atomic mass is 9.97. The number of nitrogens with zero attached hydrogens (tertiary/aromatic N) is 1. The molecule has 1 aliphatic carbocycles. The molecule has 0 aromatic heterocycles.